The van der Waals surface area contributed by atoms with Crippen LogP contribution < -0.4 is 5.56 Å². The second kappa shape index (κ2) is 7.49. The molecule has 0 unspecified atom stereocenters. The zero-order valence-electron chi connectivity index (χ0n) is 12.9. The molecule has 0 aliphatic heterocycles. The van der Waals surface area contributed by atoms with Crippen LogP contribution in [0.5, 0.6) is 0 Å². The first-order valence-electron chi connectivity index (χ1n) is 7.61. The summed E-state index contributed by atoms with van der Waals surface area (Å²) in [7, 11) is 0. The van der Waals surface area contributed by atoms with Crippen molar-refractivity contribution in [3.8, 4) is 0 Å². The minimum atomic E-state index is -0.329. The van der Waals surface area contributed by atoms with Gasteiger partial charge in [-0.05, 0) is 30.3 Å². The maximum Gasteiger partial charge on any atom is 0.307 e. The number of rotatable bonds is 6. The van der Waals surface area contributed by atoms with Gasteiger partial charge in [0.25, 0.3) is 5.56 Å². The molecule has 0 radical (unpaired) electrons. The molecule has 0 amide bonds. The first-order valence-corrected chi connectivity index (χ1v) is 8.40. The number of halogens is 1. The van der Waals surface area contributed by atoms with Gasteiger partial charge in [-0.15, -0.1) is 0 Å². The summed E-state index contributed by atoms with van der Waals surface area (Å²) in [6, 6.07) is 12.6. The van der Waals surface area contributed by atoms with Crippen molar-refractivity contribution in [2.75, 3.05) is 6.61 Å². The molecule has 24 heavy (non-hydrogen) atoms. The van der Waals surface area contributed by atoms with Crippen LogP contribution in [0.4, 0.5) is 0 Å². The number of carbonyl (C=O) groups excluding carboxylic acids is 1. The van der Waals surface area contributed by atoms with Gasteiger partial charge in [-0.25, -0.2) is 0 Å². The van der Waals surface area contributed by atoms with E-state index in [9.17, 15) is 9.59 Å². The Hall–Kier alpha value is -2.34. The third kappa shape index (κ3) is 4.14. The number of fused-ring (bicyclic) bond motifs is 1. The second-order valence-corrected chi connectivity index (χ2v) is 6.26. The molecular formula is C18H16BrNO4. The van der Waals surface area contributed by atoms with Crippen molar-refractivity contribution in [1.82, 2.24) is 4.57 Å². The van der Waals surface area contributed by atoms with Gasteiger partial charge in [-0.2, -0.15) is 0 Å². The predicted octanol–water partition coefficient (Wildman–Crippen LogP) is 3.53. The van der Waals surface area contributed by atoms with E-state index in [1.807, 2.05) is 24.3 Å². The highest BCUT2D eigenvalue weighted by atomic mass is 79.9. The van der Waals surface area contributed by atoms with Crippen molar-refractivity contribution in [2.45, 2.75) is 19.4 Å². The fraction of sp³-hybridized carbons (Fsp3) is 0.222. The van der Waals surface area contributed by atoms with Crippen molar-refractivity contribution in [2.24, 2.45) is 0 Å². The van der Waals surface area contributed by atoms with E-state index in [1.54, 1.807) is 18.3 Å². The summed E-state index contributed by atoms with van der Waals surface area (Å²) in [5, 5.41) is 1.01. The number of pyridine rings is 1. The van der Waals surface area contributed by atoms with Crippen LogP contribution in [0, 0.1) is 0 Å². The SMILES string of the molecule is O=C(CCn1ccccc1=O)OCCc1cc2cc(Br)ccc2o1. The predicted molar refractivity (Wildman–Crippen MR) is 93.9 cm³/mol. The molecule has 2 aromatic heterocycles. The highest BCUT2D eigenvalue weighted by Crippen LogP contribution is 2.23. The van der Waals surface area contributed by atoms with Crippen LogP contribution in [-0.2, 0) is 22.5 Å². The molecule has 0 saturated carbocycles. The lowest BCUT2D eigenvalue weighted by Gasteiger charge is -2.05. The largest absolute Gasteiger partial charge is 0.465 e. The summed E-state index contributed by atoms with van der Waals surface area (Å²) in [5.74, 6) is 0.444. The van der Waals surface area contributed by atoms with E-state index < -0.39 is 0 Å². The molecule has 0 aliphatic rings. The molecule has 0 fully saturated rings. The smallest absolute Gasteiger partial charge is 0.307 e. The summed E-state index contributed by atoms with van der Waals surface area (Å²) in [6.07, 6.45) is 2.34. The zero-order valence-corrected chi connectivity index (χ0v) is 14.5. The lowest BCUT2D eigenvalue weighted by molar-refractivity contribution is -0.143. The van der Waals surface area contributed by atoms with Crippen molar-refractivity contribution < 1.29 is 13.9 Å². The number of ether oxygens (including phenoxy) is 1. The number of nitrogens with zero attached hydrogens (tertiary/aromatic N) is 1. The van der Waals surface area contributed by atoms with Crippen LogP contribution in [-0.4, -0.2) is 17.1 Å². The Kier molecular flexibility index (Phi) is 5.15. The molecule has 3 rings (SSSR count). The Morgan fingerprint density at radius 1 is 1.21 bits per heavy atom. The topological polar surface area (TPSA) is 61.4 Å². The van der Waals surface area contributed by atoms with E-state index in [1.165, 1.54) is 10.6 Å². The Labute approximate surface area is 147 Å². The maximum atomic E-state index is 11.8. The summed E-state index contributed by atoms with van der Waals surface area (Å²) in [5.41, 5.74) is 0.682. The van der Waals surface area contributed by atoms with Crippen LogP contribution >= 0.6 is 15.9 Å². The molecule has 6 heteroatoms. The fourth-order valence-electron chi connectivity index (χ4n) is 2.39. The standard InChI is InChI=1S/C18H16BrNO4/c19-14-4-5-16-13(11-14)12-15(24-16)7-10-23-18(22)6-9-20-8-2-1-3-17(20)21/h1-5,8,11-12H,6-7,9-10H2. The number of carbonyl (C=O) groups is 1. The average molecular weight is 390 g/mol. The molecule has 0 saturated heterocycles. The number of furan rings is 1. The Morgan fingerprint density at radius 2 is 2.08 bits per heavy atom. The van der Waals surface area contributed by atoms with Crippen LogP contribution in [0.25, 0.3) is 11.0 Å². The van der Waals surface area contributed by atoms with E-state index in [0.29, 0.717) is 13.0 Å². The summed E-state index contributed by atoms with van der Waals surface area (Å²) in [6.45, 7) is 0.570. The third-order valence-corrected chi connectivity index (χ3v) is 4.09. The third-order valence-electron chi connectivity index (χ3n) is 3.60. The number of hydrogen-bond donors (Lipinski definition) is 0. The molecule has 1 aromatic carbocycles. The van der Waals surface area contributed by atoms with Crippen molar-refractivity contribution in [3.05, 3.63) is 69.2 Å². The van der Waals surface area contributed by atoms with Gasteiger partial charge in [0.2, 0.25) is 0 Å². The quantitative estimate of drug-likeness (QED) is 0.605. The maximum absolute atomic E-state index is 11.8. The van der Waals surface area contributed by atoms with E-state index in [2.05, 4.69) is 15.9 Å². The summed E-state index contributed by atoms with van der Waals surface area (Å²) in [4.78, 5) is 23.3. The number of hydrogen-bond acceptors (Lipinski definition) is 4. The van der Waals surface area contributed by atoms with Crippen molar-refractivity contribution in [3.63, 3.8) is 0 Å². The molecule has 124 valence electrons. The molecule has 5 nitrogen and oxygen atoms in total. The molecular weight excluding hydrogens is 374 g/mol. The van der Waals surface area contributed by atoms with Crippen LogP contribution in [0.2, 0.25) is 0 Å². The number of aryl methyl sites for hydroxylation is 1. The van der Waals surface area contributed by atoms with Gasteiger partial charge >= 0.3 is 5.97 Å². The van der Waals surface area contributed by atoms with E-state index in [-0.39, 0.29) is 24.6 Å². The first-order chi connectivity index (χ1) is 11.6. The van der Waals surface area contributed by atoms with E-state index in [4.69, 9.17) is 9.15 Å². The molecule has 3 aromatic rings. The first kappa shape index (κ1) is 16.5. The molecule has 0 bridgehead atoms. The van der Waals surface area contributed by atoms with Gasteiger partial charge in [-0.3, -0.25) is 9.59 Å². The fourth-order valence-corrected chi connectivity index (χ4v) is 2.77. The zero-order chi connectivity index (χ0) is 16.9. The molecule has 2 heterocycles. The number of esters is 1. The lowest BCUT2D eigenvalue weighted by Crippen LogP contribution is -2.20. The second-order valence-electron chi connectivity index (χ2n) is 5.35. The average Bonchev–Trinajstić information content (AvgIpc) is 2.96. The summed E-state index contributed by atoms with van der Waals surface area (Å²) < 4.78 is 13.4. The molecule has 0 spiro atoms. The number of aromatic nitrogens is 1. The minimum absolute atomic E-state index is 0.126. The van der Waals surface area contributed by atoms with Crippen molar-refractivity contribution >= 4 is 32.9 Å². The Bertz CT molecular complexity index is 913. The van der Waals surface area contributed by atoms with Crippen LogP contribution in [0.15, 0.2) is 62.3 Å². The van der Waals surface area contributed by atoms with Crippen molar-refractivity contribution in [1.29, 1.82) is 0 Å². The Balaban J connectivity index is 1.47. The van der Waals surface area contributed by atoms with Crippen LogP contribution in [0.1, 0.15) is 12.2 Å². The Morgan fingerprint density at radius 3 is 2.92 bits per heavy atom. The molecule has 0 aliphatic carbocycles. The highest BCUT2D eigenvalue weighted by molar-refractivity contribution is 9.10. The molecule has 0 N–H and O–H groups in total. The van der Waals surface area contributed by atoms with Gasteiger partial charge in [0.05, 0.1) is 13.0 Å². The minimum Gasteiger partial charge on any atom is -0.465 e. The van der Waals surface area contributed by atoms with Crippen LogP contribution in [0.3, 0.4) is 0 Å². The molecule has 0 atom stereocenters. The summed E-state index contributed by atoms with van der Waals surface area (Å²) >= 11 is 3.42. The number of benzene rings is 1. The van der Waals surface area contributed by atoms with Gasteiger partial charge in [0.15, 0.2) is 0 Å². The highest BCUT2D eigenvalue weighted by Gasteiger charge is 2.07. The van der Waals surface area contributed by atoms with E-state index >= 15 is 0 Å². The van der Waals surface area contributed by atoms with E-state index in [0.717, 1.165) is 21.2 Å². The van der Waals surface area contributed by atoms with Gasteiger partial charge in [-0.1, -0.05) is 22.0 Å². The van der Waals surface area contributed by atoms with Gasteiger partial charge in [0, 0.05) is 35.1 Å². The monoisotopic (exact) mass is 389 g/mol. The lowest BCUT2D eigenvalue weighted by atomic mass is 10.2. The van der Waals surface area contributed by atoms with Gasteiger partial charge in [0.1, 0.15) is 11.3 Å². The van der Waals surface area contributed by atoms with Gasteiger partial charge < -0.3 is 13.7 Å². The normalized spacial score (nSPS) is 10.9.